The van der Waals surface area contributed by atoms with Gasteiger partial charge in [0.2, 0.25) is 0 Å². The summed E-state index contributed by atoms with van der Waals surface area (Å²) in [7, 11) is -2.24. The van der Waals surface area contributed by atoms with Gasteiger partial charge in [0.05, 0.1) is 16.4 Å². The molecule has 2 aromatic rings. The SMILES string of the molecule is CN(c1ccccc1)S(=O)(=O)c1cncc(Cl)c1N1CCNCC1. The summed E-state index contributed by atoms with van der Waals surface area (Å²) < 4.78 is 27.5. The molecule has 24 heavy (non-hydrogen) atoms. The number of anilines is 2. The fraction of sp³-hybridized carbons (Fsp3) is 0.312. The molecule has 1 aromatic heterocycles. The lowest BCUT2D eigenvalue weighted by Crippen LogP contribution is -2.44. The van der Waals surface area contributed by atoms with Gasteiger partial charge in [0.15, 0.2) is 0 Å². The number of halogens is 1. The molecule has 0 saturated carbocycles. The standard InChI is InChI=1S/C16H19ClN4O2S/c1-20(13-5-3-2-4-6-13)24(22,23)15-12-19-11-14(17)16(15)21-9-7-18-8-10-21/h2-6,11-12,18H,7-10H2,1H3. The molecule has 1 aromatic carbocycles. The van der Waals surface area contributed by atoms with Gasteiger partial charge in [-0.05, 0) is 12.1 Å². The Kier molecular flexibility index (Phi) is 4.93. The number of aromatic nitrogens is 1. The van der Waals surface area contributed by atoms with E-state index in [9.17, 15) is 8.42 Å². The van der Waals surface area contributed by atoms with Crippen molar-refractivity contribution < 1.29 is 8.42 Å². The fourth-order valence-corrected chi connectivity index (χ4v) is 4.42. The lowest BCUT2D eigenvalue weighted by atomic mass is 10.3. The van der Waals surface area contributed by atoms with E-state index in [1.54, 1.807) is 24.3 Å². The molecule has 0 atom stereocenters. The van der Waals surface area contributed by atoms with Crippen molar-refractivity contribution in [3.8, 4) is 0 Å². The molecule has 1 aliphatic rings. The third-order valence-corrected chi connectivity index (χ3v) is 6.09. The Bertz CT molecular complexity index is 808. The molecule has 3 rings (SSSR count). The monoisotopic (exact) mass is 366 g/mol. The minimum Gasteiger partial charge on any atom is -0.367 e. The van der Waals surface area contributed by atoms with Crippen LogP contribution in [0.5, 0.6) is 0 Å². The van der Waals surface area contributed by atoms with Crippen LogP contribution in [0.2, 0.25) is 5.02 Å². The summed E-state index contributed by atoms with van der Waals surface area (Å²) in [5.74, 6) is 0. The predicted octanol–water partition coefficient (Wildman–Crippen LogP) is 1.97. The van der Waals surface area contributed by atoms with E-state index >= 15 is 0 Å². The summed E-state index contributed by atoms with van der Waals surface area (Å²) in [6.45, 7) is 2.96. The molecule has 0 aliphatic carbocycles. The molecule has 6 nitrogen and oxygen atoms in total. The Hall–Kier alpha value is -1.83. The topological polar surface area (TPSA) is 65.5 Å². The van der Waals surface area contributed by atoms with Crippen LogP contribution in [0.15, 0.2) is 47.6 Å². The highest BCUT2D eigenvalue weighted by molar-refractivity contribution is 7.93. The molecule has 0 amide bonds. The number of hydrogen-bond acceptors (Lipinski definition) is 5. The number of para-hydroxylation sites is 1. The van der Waals surface area contributed by atoms with E-state index in [2.05, 4.69) is 10.3 Å². The maximum absolute atomic E-state index is 13.1. The van der Waals surface area contributed by atoms with Gasteiger partial charge in [-0.1, -0.05) is 29.8 Å². The van der Waals surface area contributed by atoms with Crippen molar-refractivity contribution in [2.45, 2.75) is 4.90 Å². The average molecular weight is 367 g/mol. The Balaban J connectivity index is 2.06. The highest BCUT2D eigenvalue weighted by Gasteiger charge is 2.29. The van der Waals surface area contributed by atoms with Crippen molar-refractivity contribution in [3.05, 3.63) is 47.7 Å². The highest BCUT2D eigenvalue weighted by atomic mass is 35.5. The molecule has 8 heteroatoms. The zero-order chi connectivity index (χ0) is 17.2. The third-order valence-electron chi connectivity index (χ3n) is 4.03. The predicted molar refractivity (Wildman–Crippen MR) is 96.4 cm³/mol. The van der Waals surface area contributed by atoms with Crippen LogP contribution in [0.25, 0.3) is 0 Å². The van der Waals surface area contributed by atoms with Gasteiger partial charge >= 0.3 is 0 Å². The van der Waals surface area contributed by atoms with E-state index < -0.39 is 10.0 Å². The van der Waals surface area contributed by atoms with Crippen molar-refractivity contribution in [1.29, 1.82) is 0 Å². The molecule has 2 heterocycles. The Labute approximate surface area is 147 Å². The first-order chi connectivity index (χ1) is 11.5. The van der Waals surface area contributed by atoms with Gasteiger partial charge in [-0.25, -0.2) is 8.42 Å². The van der Waals surface area contributed by atoms with Crippen LogP contribution >= 0.6 is 11.6 Å². The molecule has 1 N–H and O–H groups in total. The third kappa shape index (κ3) is 3.19. The summed E-state index contributed by atoms with van der Waals surface area (Å²) in [5.41, 5.74) is 1.11. The second-order valence-electron chi connectivity index (χ2n) is 5.51. The fourth-order valence-electron chi connectivity index (χ4n) is 2.72. The van der Waals surface area contributed by atoms with Crippen LogP contribution in [0.3, 0.4) is 0 Å². The van der Waals surface area contributed by atoms with Crippen LogP contribution in [0.4, 0.5) is 11.4 Å². The minimum atomic E-state index is -3.77. The minimum absolute atomic E-state index is 0.128. The highest BCUT2D eigenvalue weighted by Crippen LogP contribution is 2.34. The van der Waals surface area contributed by atoms with Crippen LogP contribution in [0.1, 0.15) is 0 Å². The van der Waals surface area contributed by atoms with Gasteiger partial charge in [0.25, 0.3) is 10.0 Å². The molecule has 1 aliphatic heterocycles. The number of piperazine rings is 1. The van der Waals surface area contributed by atoms with Gasteiger partial charge in [0.1, 0.15) is 4.90 Å². The summed E-state index contributed by atoms with van der Waals surface area (Å²) in [4.78, 5) is 6.12. The quantitative estimate of drug-likeness (QED) is 0.896. The van der Waals surface area contributed by atoms with E-state index in [0.717, 1.165) is 13.1 Å². The van der Waals surface area contributed by atoms with Crippen molar-refractivity contribution >= 4 is 33.0 Å². The molecule has 0 radical (unpaired) electrons. The molecular formula is C16H19ClN4O2S. The number of nitrogens with one attached hydrogen (secondary N) is 1. The van der Waals surface area contributed by atoms with Gasteiger partial charge in [0, 0.05) is 45.6 Å². The number of nitrogens with zero attached hydrogens (tertiary/aromatic N) is 3. The van der Waals surface area contributed by atoms with Crippen LogP contribution < -0.4 is 14.5 Å². The average Bonchev–Trinajstić information content (AvgIpc) is 2.62. The number of benzene rings is 1. The Morgan fingerprint density at radius 1 is 1.17 bits per heavy atom. The Morgan fingerprint density at radius 3 is 2.50 bits per heavy atom. The first kappa shape index (κ1) is 17.0. The van der Waals surface area contributed by atoms with Gasteiger partial charge in [-0.15, -0.1) is 0 Å². The lowest BCUT2D eigenvalue weighted by molar-refractivity contribution is 0.578. The zero-order valence-electron chi connectivity index (χ0n) is 13.3. The van der Waals surface area contributed by atoms with Crippen LogP contribution in [0, 0.1) is 0 Å². The Morgan fingerprint density at radius 2 is 1.83 bits per heavy atom. The zero-order valence-corrected chi connectivity index (χ0v) is 14.9. The molecule has 0 spiro atoms. The molecule has 0 bridgehead atoms. The number of rotatable bonds is 4. The van der Waals surface area contributed by atoms with Gasteiger partial charge in [-0.2, -0.15) is 0 Å². The normalized spacial score (nSPS) is 15.3. The first-order valence-electron chi connectivity index (χ1n) is 7.65. The molecule has 128 valence electrons. The maximum atomic E-state index is 13.1. The largest absolute Gasteiger partial charge is 0.367 e. The van der Waals surface area contributed by atoms with Crippen molar-refractivity contribution in [2.75, 3.05) is 42.4 Å². The summed E-state index contributed by atoms with van der Waals surface area (Å²) in [5, 5.41) is 3.60. The lowest BCUT2D eigenvalue weighted by Gasteiger charge is -2.32. The smallest absolute Gasteiger partial charge is 0.267 e. The van der Waals surface area contributed by atoms with Gasteiger partial charge < -0.3 is 10.2 Å². The van der Waals surface area contributed by atoms with E-state index in [0.29, 0.717) is 29.5 Å². The van der Waals surface area contributed by atoms with Gasteiger partial charge in [-0.3, -0.25) is 9.29 Å². The van der Waals surface area contributed by atoms with Crippen molar-refractivity contribution in [3.63, 3.8) is 0 Å². The van der Waals surface area contributed by atoms with Crippen LogP contribution in [-0.4, -0.2) is 46.6 Å². The second-order valence-corrected chi connectivity index (χ2v) is 7.86. The molecule has 1 fully saturated rings. The van der Waals surface area contributed by atoms with E-state index in [1.807, 2.05) is 11.0 Å². The first-order valence-corrected chi connectivity index (χ1v) is 9.47. The molecule has 0 unspecified atom stereocenters. The van der Waals surface area contributed by atoms with E-state index in [1.165, 1.54) is 23.7 Å². The second kappa shape index (κ2) is 6.96. The summed E-state index contributed by atoms with van der Waals surface area (Å²) in [6.07, 6.45) is 2.86. The summed E-state index contributed by atoms with van der Waals surface area (Å²) in [6, 6.07) is 8.95. The number of pyridine rings is 1. The summed E-state index contributed by atoms with van der Waals surface area (Å²) >= 11 is 6.31. The maximum Gasteiger partial charge on any atom is 0.267 e. The number of hydrogen-bond donors (Lipinski definition) is 1. The molecular weight excluding hydrogens is 348 g/mol. The van der Waals surface area contributed by atoms with Crippen molar-refractivity contribution in [2.24, 2.45) is 0 Å². The number of sulfonamides is 1. The van der Waals surface area contributed by atoms with E-state index in [4.69, 9.17) is 11.6 Å². The van der Waals surface area contributed by atoms with Crippen LogP contribution in [-0.2, 0) is 10.0 Å². The molecule has 1 saturated heterocycles. The van der Waals surface area contributed by atoms with E-state index in [-0.39, 0.29) is 4.90 Å². The van der Waals surface area contributed by atoms with Crippen molar-refractivity contribution in [1.82, 2.24) is 10.3 Å².